The second-order valence-corrected chi connectivity index (χ2v) is 4.18. The van der Waals surface area contributed by atoms with Gasteiger partial charge in [-0.3, -0.25) is 9.97 Å². The highest BCUT2D eigenvalue weighted by atomic mass is 15.5. The van der Waals surface area contributed by atoms with E-state index >= 15 is 0 Å². The lowest BCUT2D eigenvalue weighted by molar-refractivity contribution is 0.302. The molecule has 0 radical (unpaired) electrons. The summed E-state index contributed by atoms with van der Waals surface area (Å²) in [5, 5.41) is 2.13. The lowest BCUT2D eigenvalue weighted by Crippen LogP contribution is -2.32. The van der Waals surface area contributed by atoms with E-state index in [1.807, 2.05) is 19.2 Å². The van der Waals surface area contributed by atoms with Gasteiger partial charge in [-0.25, -0.2) is 5.43 Å². The first-order valence-corrected chi connectivity index (χ1v) is 5.50. The Morgan fingerprint density at radius 1 is 1.38 bits per heavy atom. The summed E-state index contributed by atoms with van der Waals surface area (Å²) >= 11 is 0. The van der Waals surface area contributed by atoms with E-state index in [1.54, 1.807) is 6.20 Å². The third-order valence-electron chi connectivity index (χ3n) is 3.05. The Morgan fingerprint density at radius 2 is 2.31 bits per heavy atom. The first kappa shape index (κ1) is 9.54. The standard InChI is InChI=1S/C12H14N4/c1-9-6-13-8-11(15-9)10-7-14-16-5-3-2-4-12(10)16/h2-6,8,10,12,14H,7H2,1H3. The minimum atomic E-state index is 0.362. The first-order chi connectivity index (χ1) is 7.84. The lowest BCUT2D eigenvalue weighted by Gasteiger charge is -2.24. The van der Waals surface area contributed by atoms with Crippen LogP contribution in [0.5, 0.6) is 0 Å². The quantitative estimate of drug-likeness (QED) is 0.761. The Balaban J connectivity index is 1.91. The molecule has 4 nitrogen and oxygen atoms in total. The van der Waals surface area contributed by atoms with Gasteiger partial charge in [0.15, 0.2) is 0 Å². The number of hydrogen-bond acceptors (Lipinski definition) is 4. The third-order valence-corrected chi connectivity index (χ3v) is 3.05. The number of hydrazine groups is 1. The van der Waals surface area contributed by atoms with Gasteiger partial charge in [0, 0.05) is 31.1 Å². The number of aromatic nitrogens is 2. The predicted molar refractivity (Wildman–Crippen MR) is 61.4 cm³/mol. The predicted octanol–water partition coefficient (Wildman–Crippen LogP) is 1.14. The molecule has 3 heterocycles. The first-order valence-electron chi connectivity index (χ1n) is 5.50. The highest BCUT2D eigenvalue weighted by Gasteiger charge is 2.33. The largest absolute Gasteiger partial charge is 0.308 e. The Labute approximate surface area is 94.7 Å². The molecular formula is C12H14N4. The van der Waals surface area contributed by atoms with Crippen molar-refractivity contribution in [1.82, 2.24) is 20.4 Å². The van der Waals surface area contributed by atoms with Crippen LogP contribution in [0.3, 0.4) is 0 Å². The van der Waals surface area contributed by atoms with Gasteiger partial charge in [0.2, 0.25) is 0 Å². The van der Waals surface area contributed by atoms with Crippen LogP contribution in [0.1, 0.15) is 17.3 Å². The molecule has 1 saturated heterocycles. The molecule has 82 valence electrons. The maximum Gasteiger partial charge on any atom is 0.0728 e. The van der Waals surface area contributed by atoms with Gasteiger partial charge in [-0.1, -0.05) is 12.2 Å². The van der Waals surface area contributed by atoms with E-state index in [0.29, 0.717) is 12.0 Å². The minimum Gasteiger partial charge on any atom is -0.308 e. The Morgan fingerprint density at radius 3 is 3.19 bits per heavy atom. The molecule has 2 unspecified atom stereocenters. The van der Waals surface area contributed by atoms with Crippen LogP contribution in [0, 0.1) is 6.92 Å². The normalized spacial score (nSPS) is 27.2. The van der Waals surface area contributed by atoms with E-state index < -0.39 is 0 Å². The summed E-state index contributed by atoms with van der Waals surface area (Å²) in [7, 11) is 0. The van der Waals surface area contributed by atoms with Crippen molar-refractivity contribution in [2.75, 3.05) is 6.54 Å². The Bertz CT molecular complexity index is 452. The van der Waals surface area contributed by atoms with E-state index in [4.69, 9.17) is 0 Å². The zero-order valence-electron chi connectivity index (χ0n) is 9.17. The number of rotatable bonds is 1. The molecule has 1 N–H and O–H groups in total. The van der Waals surface area contributed by atoms with E-state index in [1.165, 1.54) is 0 Å². The fourth-order valence-corrected chi connectivity index (χ4v) is 2.26. The molecule has 0 amide bonds. The maximum atomic E-state index is 4.56. The fourth-order valence-electron chi connectivity index (χ4n) is 2.26. The zero-order valence-corrected chi connectivity index (χ0v) is 9.17. The molecular weight excluding hydrogens is 200 g/mol. The minimum absolute atomic E-state index is 0.362. The van der Waals surface area contributed by atoms with E-state index in [9.17, 15) is 0 Å². The van der Waals surface area contributed by atoms with E-state index in [-0.39, 0.29) is 0 Å². The average molecular weight is 214 g/mol. The van der Waals surface area contributed by atoms with Crippen molar-refractivity contribution in [3.05, 3.63) is 48.2 Å². The molecule has 0 saturated carbocycles. The SMILES string of the molecule is Cc1cncc(C2CNN3C=CC=CC23)n1. The highest BCUT2D eigenvalue weighted by Crippen LogP contribution is 2.28. The van der Waals surface area contributed by atoms with Crippen LogP contribution >= 0.6 is 0 Å². The Hall–Kier alpha value is -1.68. The summed E-state index contributed by atoms with van der Waals surface area (Å²) in [5.74, 6) is 0.383. The van der Waals surface area contributed by atoms with Crippen LogP contribution in [0.25, 0.3) is 0 Å². The van der Waals surface area contributed by atoms with Crippen molar-refractivity contribution in [3.8, 4) is 0 Å². The highest BCUT2D eigenvalue weighted by molar-refractivity contribution is 5.23. The number of nitrogens with one attached hydrogen (secondary N) is 1. The van der Waals surface area contributed by atoms with Crippen LogP contribution < -0.4 is 5.43 Å². The molecule has 0 bridgehead atoms. The topological polar surface area (TPSA) is 41.1 Å². The van der Waals surface area contributed by atoms with Gasteiger partial charge in [0.05, 0.1) is 17.4 Å². The van der Waals surface area contributed by atoms with Crippen LogP contribution in [0.2, 0.25) is 0 Å². The third kappa shape index (κ3) is 1.51. The van der Waals surface area contributed by atoms with Crippen molar-refractivity contribution < 1.29 is 0 Å². The summed E-state index contributed by atoms with van der Waals surface area (Å²) in [6.07, 6.45) is 12.1. The molecule has 4 heteroatoms. The van der Waals surface area contributed by atoms with Crippen molar-refractivity contribution >= 4 is 0 Å². The molecule has 2 aliphatic rings. The molecule has 1 aromatic heterocycles. The number of fused-ring (bicyclic) bond motifs is 1. The summed E-state index contributed by atoms with van der Waals surface area (Å²) in [6.45, 7) is 2.89. The van der Waals surface area contributed by atoms with Crippen LogP contribution in [-0.2, 0) is 0 Å². The van der Waals surface area contributed by atoms with Gasteiger partial charge in [0.25, 0.3) is 0 Å². The van der Waals surface area contributed by atoms with E-state index in [0.717, 1.165) is 17.9 Å². The monoisotopic (exact) mass is 214 g/mol. The van der Waals surface area contributed by atoms with Crippen molar-refractivity contribution in [2.45, 2.75) is 18.9 Å². The molecule has 0 spiro atoms. The lowest BCUT2D eigenvalue weighted by atomic mass is 9.96. The van der Waals surface area contributed by atoms with Crippen LogP contribution in [0.15, 0.2) is 36.8 Å². The molecule has 2 aliphatic heterocycles. The summed E-state index contributed by atoms with van der Waals surface area (Å²) < 4.78 is 0. The molecule has 16 heavy (non-hydrogen) atoms. The second kappa shape index (κ2) is 3.72. The zero-order chi connectivity index (χ0) is 11.0. The molecule has 3 rings (SSSR count). The molecule has 2 atom stereocenters. The molecule has 0 aromatic carbocycles. The van der Waals surface area contributed by atoms with Gasteiger partial charge < -0.3 is 5.01 Å². The summed E-state index contributed by atoms with van der Waals surface area (Å²) in [6, 6.07) is 0.362. The van der Waals surface area contributed by atoms with Crippen LogP contribution in [-0.4, -0.2) is 27.6 Å². The second-order valence-electron chi connectivity index (χ2n) is 4.18. The number of nitrogens with zero attached hydrogens (tertiary/aromatic N) is 3. The average Bonchev–Trinajstić information content (AvgIpc) is 2.72. The van der Waals surface area contributed by atoms with Crippen molar-refractivity contribution in [1.29, 1.82) is 0 Å². The van der Waals surface area contributed by atoms with Gasteiger partial charge in [-0.2, -0.15) is 0 Å². The molecule has 1 aromatic rings. The number of aryl methyl sites for hydroxylation is 1. The van der Waals surface area contributed by atoms with Crippen molar-refractivity contribution in [3.63, 3.8) is 0 Å². The maximum absolute atomic E-state index is 4.56. The smallest absolute Gasteiger partial charge is 0.0728 e. The van der Waals surface area contributed by atoms with Gasteiger partial charge in [-0.15, -0.1) is 0 Å². The Kier molecular flexibility index (Phi) is 2.22. The van der Waals surface area contributed by atoms with Gasteiger partial charge >= 0.3 is 0 Å². The summed E-state index contributed by atoms with van der Waals surface area (Å²) in [4.78, 5) is 8.77. The van der Waals surface area contributed by atoms with Gasteiger partial charge in [-0.05, 0) is 13.0 Å². The van der Waals surface area contributed by atoms with Crippen LogP contribution in [0.4, 0.5) is 0 Å². The van der Waals surface area contributed by atoms with Crippen molar-refractivity contribution in [2.24, 2.45) is 0 Å². The molecule has 0 aliphatic carbocycles. The fraction of sp³-hybridized carbons (Fsp3) is 0.333. The van der Waals surface area contributed by atoms with Gasteiger partial charge in [0.1, 0.15) is 0 Å². The number of allylic oxidation sites excluding steroid dienone is 2. The van der Waals surface area contributed by atoms with E-state index in [2.05, 4.69) is 38.8 Å². The molecule has 1 fully saturated rings. The summed E-state index contributed by atoms with van der Waals surface area (Å²) in [5.41, 5.74) is 5.40. The number of hydrogen-bond donors (Lipinski definition) is 1.